The first-order chi connectivity index (χ1) is 14.8. The molecule has 2 aromatic carbocycles. The molecule has 164 valence electrons. The number of likely N-dealkylation sites (tertiary alicyclic amines) is 1. The minimum atomic E-state index is -3.78. The van der Waals surface area contributed by atoms with Crippen molar-refractivity contribution in [3.63, 3.8) is 0 Å². The monoisotopic (exact) mass is 465 g/mol. The summed E-state index contributed by atoms with van der Waals surface area (Å²) in [5, 5.41) is 0.600. The van der Waals surface area contributed by atoms with E-state index >= 15 is 0 Å². The van der Waals surface area contributed by atoms with Gasteiger partial charge in [-0.2, -0.15) is 0 Å². The molecule has 0 bridgehead atoms. The Labute approximate surface area is 184 Å². The second kappa shape index (κ2) is 8.94. The van der Waals surface area contributed by atoms with Gasteiger partial charge < -0.3 is 9.32 Å². The van der Waals surface area contributed by atoms with Crippen LogP contribution in [-0.4, -0.2) is 43.8 Å². The average Bonchev–Trinajstić information content (AvgIpc) is 3.17. The zero-order valence-corrected chi connectivity index (χ0v) is 18.1. The number of benzene rings is 2. The Morgan fingerprint density at radius 1 is 1.19 bits per heavy atom. The fourth-order valence-corrected chi connectivity index (χ4v) is 4.81. The van der Waals surface area contributed by atoms with Gasteiger partial charge in [0.05, 0.1) is 4.90 Å². The van der Waals surface area contributed by atoms with Gasteiger partial charge in [-0.25, -0.2) is 22.5 Å². The minimum absolute atomic E-state index is 0.0235. The Morgan fingerprint density at radius 3 is 2.61 bits per heavy atom. The molecule has 0 spiro atoms. The van der Waals surface area contributed by atoms with Crippen molar-refractivity contribution in [2.24, 2.45) is 0 Å². The van der Waals surface area contributed by atoms with E-state index in [1.807, 2.05) is 0 Å². The van der Waals surface area contributed by atoms with Gasteiger partial charge in [-0.1, -0.05) is 11.6 Å². The maximum Gasteiger partial charge on any atom is 0.240 e. The maximum absolute atomic E-state index is 13.0. The van der Waals surface area contributed by atoms with E-state index in [1.165, 1.54) is 12.1 Å². The Morgan fingerprint density at radius 2 is 1.90 bits per heavy atom. The largest absolute Gasteiger partial charge is 0.440 e. The third-order valence-corrected chi connectivity index (χ3v) is 7.03. The van der Waals surface area contributed by atoms with Crippen LogP contribution in [0, 0.1) is 5.82 Å². The van der Waals surface area contributed by atoms with E-state index in [0.717, 1.165) is 17.6 Å². The molecule has 0 atom stereocenters. The van der Waals surface area contributed by atoms with Crippen LogP contribution in [0.25, 0.3) is 11.1 Å². The standard InChI is InChI=1S/C21H21ClFN3O4S/c22-15-1-6-19-18(13-15)25-21(30-19)14-8-11-26(12-9-14)20(27)7-10-24-31(28,29)17-4-2-16(23)3-5-17/h1-6,13-14,24H,7-12H2. The minimum Gasteiger partial charge on any atom is -0.440 e. The van der Waals surface area contributed by atoms with E-state index in [9.17, 15) is 17.6 Å². The number of rotatable bonds is 6. The van der Waals surface area contributed by atoms with Crippen molar-refractivity contribution >= 4 is 38.6 Å². The number of halogens is 2. The second-order valence-corrected chi connectivity index (χ2v) is 9.62. The number of amides is 1. The highest BCUT2D eigenvalue weighted by Crippen LogP contribution is 2.31. The lowest BCUT2D eigenvalue weighted by atomic mass is 9.96. The number of carbonyl (C=O) groups is 1. The average molecular weight is 466 g/mol. The topological polar surface area (TPSA) is 92.5 Å². The lowest BCUT2D eigenvalue weighted by Crippen LogP contribution is -2.39. The Bertz CT molecular complexity index is 1190. The summed E-state index contributed by atoms with van der Waals surface area (Å²) in [6.07, 6.45) is 1.48. The molecule has 4 rings (SSSR count). The van der Waals surface area contributed by atoms with Crippen molar-refractivity contribution in [2.75, 3.05) is 19.6 Å². The molecule has 0 radical (unpaired) electrons. The van der Waals surface area contributed by atoms with Gasteiger partial charge in [0.2, 0.25) is 15.9 Å². The zero-order valence-electron chi connectivity index (χ0n) is 16.6. The highest BCUT2D eigenvalue weighted by molar-refractivity contribution is 7.89. The van der Waals surface area contributed by atoms with E-state index in [1.54, 1.807) is 23.1 Å². The number of fused-ring (bicyclic) bond motifs is 1. The van der Waals surface area contributed by atoms with Crippen LogP contribution >= 0.6 is 11.6 Å². The van der Waals surface area contributed by atoms with Gasteiger partial charge in [0.25, 0.3) is 0 Å². The van der Waals surface area contributed by atoms with E-state index in [0.29, 0.717) is 42.4 Å². The summed E-state index contributed by atoms with van der Waals surface area (Å²) in [5.74, 6) is 0.132. The number of carbonyl (C=O) groups excluding carboxylic acids is 1. The van der Waals surface area contributed by atoms with Crippen LogP contribution in [0.2, 0.25) is 5.02 Å². The molecule has 10 heteroatoms. The summed E-state index contributed by atoms with van der Waals surface area (Å²) < 4.78 is 45.6. The molecule has 31 heavy (non-hydrogen) atoms. The molecule has 0 unspecified atom stereocenters. The number of nitrogens with one attached hydrogen (secondary N) is 1. The fraction of sp³-hybridized carbons (Fsp3) is 0.333. The van der Waals surface area contributed by atoms with E-state index < -0.39 is 15.8 Å². The summed E-state index contributed by atoms with van der Waals surface area (Å²) in [4.78, 5) is 18.7. The van der Waals surface area contributed by atoms with Crippen molar-refractivity contribution in [1.29, 1.82) is 0 Å². The van der Waals surface area contributed by atoms with Gasteiger partial charge >= 0.3 is 0 Å². The first-order valence-corrected chi connectivity index (χ1v) is 11.8. The van der Waals surface area contributed by atoms with Crippen LogP contribution in [0.1, 0.15) is 31.1 Å². The SMILES string of the molecule is O=C(CCNS(=O)(=O)c1ccc(F)cc1)N1CCC(c2nc3cc(Cl)ccc3o2)CC1. The van der Waals surface area contributed by atoms with Gasteiger partial charge in [0.1, 0.15) is 11.3 Å². The predicted octanol–water partition coefficient (Wildman–Crippen LogP) is 3.69. The fourth-order valence-electron chi connectivity index (χ4n) is 3.62. The van der Waals surface area contributed by atoms with Crippen molar-refractivity contribution in [3.8, 4) is 0 Å². The molecule has 1 aliphatic heterocycles. The van der Waals surface area contributed by atoms with Crippen molar-refractivity contribution in [1.82, 2.24) is 14.6 Å². The molecule has 2 heterocycles. The molecular formula is C21H21ClFN3O4S. The summed E-state index contributed by atoms with van der Waals surface area (Å²) in [7, 11) is -3.78. The molecular weight excluding hydrogens is 445 g/mol. The molecule has 1 N–H and O–H groups in total. The highest BCUT2D eigenvalue weighted by Gasteiger charge is 2.27. The number of nitrogens with zero attached hydrogens (tertiary/aromatic N) is 2. The zero-order chi connectivity index (χ0) is 22.0. The number of piperidine rings is 1. The highest BCUT2D eigenvalue weighted by atomic mass is 35.5. The predicted molar refractivity (Wildman–Crippen MR) is 114 cm³/mol. The Balaban J connectivity index is 1.27. The number of sulfonamides is 1. The lowest BCUT2D eigenvalue weighted by molar-refractivity contribution is -0.132. The van der Waals surface area contributed by atoms with Crippen LogP contribution in [0.4, 0.5) is 4.39 Å². The van der Waals surface area contributed by atoms with Crippen molar-refractivity contribution in [3.05, 3.63) is 59.2 Å². The number of hydrogen-bond acceptors (Lipinski definition) is 5. The van der Waals surface area contributed by atoms with E-state index in [4.69, 9.17) is 16.0 Å². The summed E-state index contributed by atoms with van der Waals surface area (Å²) in [5.41, 5.74) is 1.40. The number of hydrogen-bond donors (Lipinski definition) is 1. The van der Waals surface area contributed by atoms with Crippen molar-refractivity contribution in [2.45, 2.75) is 30.1 Å². The van der Waals surface area contributed by atoms with Gasteiger partial charge in [-0.15, -0.1) is 0 Å². The first kappa shape index (κ1) is 21.7. The van der Waals surface area contributed by atoms with E-state index in [-0.39, 0.29) is 29.7 Å². The molecule has 0 aliphatic carbocycles. The third-order valence-electron chi connectivity index (χ3n) is 5.32. The van der Waals surface area contributed by atoms with Crippen LogP contribution in [0.5, 0.6) is 0 Å². The molecule has 1 amide bonds. The molecule has 0 saturated carbocycles. The molecule has 3 aromatic rings. The molecule has 1 fully saturated rings. The smallest absolute Gasteiger partial charge is 0.240 e. The number of aromatic nitrogens is 1. The van der Waals surface area contributed by atoms with E-state index in [2.05, 4.69) is 9.71 Å². The van der Waals surface area contributed by atoms with Gasteiger partial charge in [-0.3, -0.25) is 4.79 Å². The summed E-state index contributed by atoms with van der Waals surface area (Å²) in [6.45, 7) is 1.08. The quantitative estimate of drug-likeness (QED) is 0.599. The Hall–Kier alpha value is -2.49. The van der Waals surface area contributed by atoms with Crippen LogP contribution in [0.15, 0.2) is 51.8 Å². The molecule has 1 aromatic heterocycles. The van der Waals surface area contributed by atoms with Crippen LogP contribution in [-0.2, 0) is 14.8 Å². The normalized spacial score (nSPS) is 15.5. The third kappa shape index (κ3) is 5.06. The lowest BCUT2D eigenvalue weighted by Gasteiger charge is -2.30. The van der Waals surface area contributed by atoms with Crippen molar-refractivity contribution < 1.29 is 22.0 Å². The van der Waals surface area contributed by atoms with Crippen LogP contribution < -0.4 is 4.72 Å². The van der Waals surface area contributed by atoms with Gasteiger partial charge in [0, 0.05) is 37.0 Å². The second-order valence-electron chi connectivity index (χ2n) is 7.42. The number of oxazole rings is 1. The van der Waals surface area contributed by atoms with Gasteiger partial charge in [-0.05, 0) is 55.3 Å². The Kier molecular flexibility index (Phi) is 6.27. The maximum atomic E-state index is 13.0. The van der Waals surface area contributed by atoms with Crippen LogP contribution in [0.3, 0.4) is 0 Å². The summed E-state index contributed by atoms with van der Waals surface area (Å²) >= 11 is 5.99. The molecule has 7 nitrogen and oxygen atoms in total. The molecule has 1 saturated heterocycles. The summed E-state index contributed by atoms with van der Waals surface area (Å²) in [6, 6.07) is 9.83. The van der Waals surface area contributed by atoms with Gasteiger partial charge in [0.15, 0.2) is 11.5 Å². The molecule has 1 aliphatic rings. The first-order valence-electron chi connectivity index (χ1n) is 9.91.